The van der Waals surface area contributed by atoms with E-state index in [2.05, 4.69) is 16.8 Å². The molecule has 0 spiro atoms. The van der Waals surface area contributed by atoms with Gasteiger partial charge in [0.1, 0.15) is 30.6 Å². The summed E-state index contributed by atoms with van der Waals surface area (Å²) in [6, 6.07) is -0.489. The lowest BCUT2D eigenvalue weighted by Crippen LogP contribution is -2.20. The lowest BCUT2D eigenvalue weighted by atomic mass is 10.0. The lowest BCUT2D eigenvalue weighted by Gasteiger charge is -2.13. The van der Waals surface area contributed by atoms with Crippen LogP contribution < -0.4 is 0 Å². The number of hydrogen-bond donors (Lipinski definition) is 0. The molecule has 0 N–H and O–H groups in total. The molecule has 1 aliphatic rings. The van der Waals surface area contributed by atoms with Crippen molar-refractivity contribution in [1.82, 2.24) is 9.78 Å². The van der Waals surface area contributed by atoms with Crippen LogP contribution in [-0.4, -0.2) is 39.9 Å². The molecule has 1 fully saturated rings. The van der Waals surface area contributed by atoms with Crippen molar-refractivity contribution in [1.29, 1.82) is 0 Å². The minimum Gasteiger partial charge on any atom is -0.364 e. The van der Waals surface area contributed by atoms with Crippen LogP contribution in [0.25, 0.3) is 0 Å². The van der Waals surface area contributed by atoms with Crippen molar-refractivity contribution in [2.24, 2.45) is 12.0 Å². The molecule has 0 unspecified atom stereocenters. The summed E-state index contributed by atoms with van der Waals surface area (Å²) in [7, 11) is 1.61. The molecule has 8 heteroatoms. The summed E-state index contributed by atoms with van der Waals surface area (Å²) < 4.78 is 6.87. The van der Waals surface area contributed by atoms with Gasteiger partial charge in [-0.15, -0.1) is 0 Å². The van der Waals surface area contributed by atoms with Gasteiger partial charge in [-0.05, 0) is 19.6 Å². The molecular weight excluding hydrogens is 252 g/mol. The maximum absolute atomic E-state index is 11.6. The summed E-state index contributed by atoms with van der Waals surface area (Å²) in [6.45, 7) is 3.26. The summed E-state index contributed by atoms with van der Waals surface area (Å²) in [6.07, 6.45) is 1.60. The smallest absolute Gasteiger partial charge is 0.312 e. The highest BCUT2D eigenvalue weighted by Crippen LogP contribution is 2.32. The number of nitro groups is 1. The number of nitrogens with zero attached hydrogens (tertiary/aromatic N) is 4. The van der Waals surface area contributed by atoms with Gasteiger partial charge in [-0.25, -0.2) is 0 Å². The van der Waals surface area contributed by atoms with Gasteiger partial charge < -0.3 is 4.74 Å². The van der Waals surface area contributed by atoms with Gasteiger partial charge in [0.2, 0.25) is 0 Å². The first-order valence-electron chi connectivity index (χ1n) is 5.81. The Balaban J connectivity index is 2.28. The van der Waals surface area contributed by atoms with Gasteiger partial charge in [-0.1, -0.05) is 0 Å². The van der Waals surface area contributed by atoms with Gasteiger partial charge in [-0.3, -0.25) is 24.6 Å². The number of ketones is 1. The monoisotopic (exact) mass is 266 g/mol. The van der Waals surface area contributed by atoms with Gasteiger partial charge in [0.15, 0.2) is 5.78 Å². The van der Waals surface area contributed by atoms with E-state index in [-0.39, 0.29) is 18.1 Å². The fourth-order valence-electron chi connectivity index (χ4n) is 2.19. The minimum absolute atomic E-state index is 0.0926. The van der Waals surface area contributed by atoms with E-state index in [1.54, 1.807) is 7.05 Å². The first-order chi connectivity index (χ1) is 9.04. The number of carbonyl (C=O) groups excluding carboxylic acids is 1. The van der Waals surface area contributed by atoms with Crippen molar-refractivity contribution in [2.45, 2.75) is 25.0 Å². The molecule has 19 heavy (non-hydrogen) atoms. The van der Waals surface area contributed by atoms with Crippen molar-refractivity contribution in [3.05, 3.63) is 22.0 Å². The highest BCUT2D eigenvalue weighted by molar-refractivity contribution is 5.86. The van der Waals surface area contributed by atoms with Crippen LogP contribution in [0.15, 0.2) is 11.2 Å². The molecule has 0 aliphatic carbocycles. The van der Waals surface area contributed by atoms with E-state index >= 15 is 0 Å². The highest BCUT2D eigenvalue weighted by Gasteiger charge is 2.32. The Morgan fingerprint density at radius 3 is 3.00 bits per heavy atom. The molecule has 0 bridgehead atoms. The number of rotatable bonds is 3. The number of carbonyl (C=O) groups is 1. The number of hydrogen-bond acceptors (Lipinski definition) is 6. The third-order valence-electron chi connectivity index (χ3n) is 3.19. The summed E-state index contributed by atoms with van der Waals surface area (Å²) in [5, 5.41) is 14.8. The second-order valence-electron chi connectivity index (χ2n) is 4.34. The molecule has 1 aromatic rings. The van der Waals surface area contributed by atoms with Crippen LogP contribution in [0.2, 0.25) is 0 Å². The Bertz CT molecular complexity index is 525. The number of Topliss-reactive ketones (excluding diaryl/α,β-unsaturated/α-hetero) is 1. The molecule has 0 radical (unpaired) electrons. The molecule has 0 aromatic carbocycles. The zero-order chi connectivity index (χ0) is 14.0. The maximum atomic E-state index is 11.6. The van der Waals surface area contributed by atoms with E-state index in [1.807, 2.05) is 0 Å². The van der Waals surface area contributed by atoms with Crippen LogP contribution in [0, 0.1) is 10.1 Å². The number of aryl methyl sites for hydroxylation is 1. The molecule has 1 aliphatic heterocycles. The highest BCUT2D eigenvalue weighted by atomic mass is 16.6. The van der Waals surface area contributed by atoms with E-state index in [0.29, 0.717) is 18.5 Å². The average Bonchev–Trinajstić information content (AvgIpc) is 2.65. The van der Waals surface area contributed by atoms with Gasteiger partial charge in [0.05, 0.1) is 4.92 Å². The van der Waals surface area contributed by atoms with E-state index in [9.17, 15) is 14.9 Å². The number of aromatic nitrogens is 2. The fourth-order valence-corrected chi connectivity index (χ4v) is 2.19. The predicted octanol–water partition coefficient (Wildman–Crippen LogP) is 0.818. The molecule has 102 valence electrons. The van der Waals surface area contributed by atoms with E-state index in [1.165, 1.54) is 10.9 Å². The van der Waals surface area contributed by atoms with Crippen LogP contribution in [0.1, 0.15) is 24.6 Å². The first-order valence-corrected chi connectivity index (χ1v) is 5.81. The molecule has 1 aromatic heterocycles. The quantitative estimate of drug-likeness (QED) is 0.458. The van der Waals surface area contributed by atoms with E-state index < -0.39 is 17.1 Å². The molecule has 2 rings (SSSR count). The van der Waals surface area contributed by atoms with Crippen LogP contribution in [0.4, 0.5) is 5.69 Å². The topological polar surface area (TPSA) is 99.6 Å². The van der Waals surface area contributed by atoms with Crippen LogP contribution in [0.3, 0.4) is 0 Å². The normalized spacial score (nSPS) is 23.9. The molecular formula is C11H14N4O4. The van der Waals surface area contributed by atoms with Gasteiger partial charge >= 0.3 is 5.69 Å². The Hall–Kier alpha value is -2.09. The number of ether oxygens (including phenoxy) is 1. The molecule has 8 nitrogen and oxygen atoms in total. The van der Waals surface area contributed by atoms with E-state index in [0.717, 1.165) is 0 Å². The van der Waals surface area contributed by atoms with Crippen molar-refractivity contribution >= 4 is 18.2 Å². The van der Waals surface area contributed by atoms with E-state index in [4.69, 9.17) is 4.74 Å². The zero-order valence-corrected chi connectivity index (χ0v) is 10.5. The first kappa shape index (κ1) is 13.3. The molecule has 1 saturated heterocycles. The largest absolute Gasteiger partial charge is 0.364 e. The third-order valence-corrected chi connectivity index (χ3v) is 3.19. The molecule has 2 atom stereocenters. The molecule has 2 heterocycles. The SMILES string of the molecule is C=N[C@@H]1CC[C@@H](c2c([N+](=O)[O-])cnn2C)OCC1=O. The second-order valence-corrected chi connectivity index (χ2v) is 4.34. The summed E-state index contributed by atoms with van der Waals surface area (Å²) in [4.78, 5) is 25.8. The maximum Gasteiger partial charge on any atom is 0.312 e. The van der Waals surface area contributed by atoms with Crippen molar-refractivity contribution < 1.29 is 14.5 Å². The van der Waals surface area contributed by atoms with Crippen molar-refractivity contribution in [3.63, 3.8) is 0 Å². The standard InChI is InChI=1S/C11H14N4O4/c1-12-7-3-4-10(19-6-9(7)16)11-8(15(17)18)5-13-14(11)2/h5,7,10H,1,3-4,6H2,2H3/t7-,10+/m1/s1. The molecule has 0 saturated carbocycles. The lowest BCUT2D eigenvalue weighted by molar-refractivity contribution is -0.386. The van der Waals surface area contributed by atoms with Crippen molar-refractivity contribution in [3.8, 4) is 0 Å². The zero-order valence-electron chi connectivity index (χ0n) is 10.5. The number of aliphatic imine (C=N–C) groups is 1. The fraction of sp³-hybridized carbons (Fsp3) is 0.545. The Morgan fingerprint density at radius 1 is 1.63 bits per heavy atom. The Morgan fingerprint density at radius 2 is 2.37 bits per heavy atom. The molecule has 0 amide bonds. The Labute approximate surface area is 109 Å². The van der Waals surface area contributed by atoms with Crippen molar-refractivity contribution in [2.75, 3.05) is 6.61 Å². The van der Waals surface area contributed by atoms with Crippen LogP contribution in [-0.2, 0) is 16.6 Å². The van der Waals surface area contributed by atoms with Gasteiger partial charge in [0, 0.05) is 7.05 Å². The summed E-state index contributed by atoms with van der Waals surface area (Å²) in [5.41, 5.74) is 0.285. The summed E-state index contributed by atoms with van der Waals surface area (Å²) in [5.74, 6) is -0.151. The Kier molecular flexibility index (Phi) is 3.70. The minimum atomic E-state index is -0.524. The van der Waals surface area contributed by atoms with Gasteiger partial charge in [0.25, 0.3) is 0 Å². The van der Waals surface area contributed by atoms with Crippen LogP contribution >= 0.6 is 0 Å². The average molecular weight is 266 g/mol. The van der Waals surface area contributed by atoms with Crippen LogP contribution in [0.5, 0.6) is 0 Å². The second kappa shape index (κ2) is 5.27. The summed E-state index contributed by atoms with van der Waals surface area (Å²) >= 11 is 0. The third kappa shape index (κ3) is 2.53. The van der Waals surface area contributed by atoms with Gasteiger partial charge in [-0.2, -0.15) is 5.10 Å². The predicted molar refractivity (Wildman–Crippen MR) is 66.1 cm³/mol.